The van der Waals surface area contributed by atoms with Crippen molar-refractivity contribution >= 4 is 23.1 Å². The smallest absolute Gasteiger partial charge is 0.322 e. The topological polar surface area (TPSA) is 50.8 Å². The Hall–Kier alpha value is -2.21. The highest BCUT2D eigenvalue weighted by molar-refractivity contribution is 7.10. The number of nitrogens with one attached hydrogen (secondary N) is 1. The van der Waals surface area contributed by atoms with Crippen LogP contribution >= 0.6 is 11.3 Å². The second-order valence-electron chi connectivity index (χ2n) is 5.36. The molecule has 0 aliphatic carbocycles. The molecule has 23 heavy (non-hydrogen) atoms. The summed E-state index contributed by atoms with van der Waals surface area (Å²) in [6, 6.07) is 9.56. The van der Waals surface area contributed by atoms with Crippen LogP contribution in [0.2, 0.25) is 0 Å². The molecule has 1 aromatic carbocycles. The molecular weight excluding hydrogens is 312 g/mol. The molecule has 1 aliphatic rings. The molecule has 0 spiro atoms. The van der Waals surface area contributed by atoms with Crippen molar-refractivity contribution in [1.82, 2.24) is 4.90 Å². The average molecular weight is 332 g/mol. The van der Waals surface area contributed by atoms with Crippen LogP contribution in [0.5, 0.6) is 11.5 Å². The van der Waals surface area contributed by atoms with Gasteiger partial charge in [-0.1, -0.05) is 6.07 Å². The summed E-state index contributed by atoms with van der Waals surface area (Å²) in [4.78, 5) is 15.8. The monoisotopic (exact) mass is 332 g/mol. The number of likely N-dealkylation sites (tertiary alicyclic amines) is 1. The van der Waals surface area contributed by atoms with Gasteiger partial charge in [0, 0.05) is 17.5 Å². The van der Waals surface area contributed by atoms with Gasteiger partial charge in [0.2, 0.25) is 0 Å². The number of methoxy groups -OCH3 is 2. The van der Waals surface area contributed by atoms with E-state index in [-0.39, 0.29) is 12.1 Å². The van der Waals surface area contributed by atoms with Crippen LogP contribution in [-0.2, 0) is 0 Å². The third-order valence-corrected chi connectivity index (χ3v) is 5.01. The van der Waals surface area contributed by atoms with Crippen molar-refractivity contribution in [3.8, 4) is 11.5 Å². The van der Waals surface area contributed by atoms with Crippen molar-refractivity contribution in [2.45, 2.75) is 18.9 Å². The zero-order chi connectivity index (χ0) is 16.2. The van der Waals surface area contributed by atoms with Gasteiger partial charge in [-0.15, -0.1) is 11.3 Å². The summed E-state index contributed by atoms with van der Waals surface area (Å²) in [5.41, 5.74) is 0.648. The van der Waals surface area contributed by atoms with E-state index in [0.717, 1.165) is 19.4 Å². The predicted molar refractivity (Wildman–Crippen MR) is 91.6 cm³/mol. The summed E-state index contributed by atoms with van der Waals surface area (Å²) in [7, 11) is 3.18. The zero-order valence-electron chi connectivity index (χ0n) is 13.2. The zero-order valence-corrected chi connectivity index (χ0v) is 14.1. The first-order valence-electron chi connectivity index (χ1n) is 7.56. The number of thiophene rings is 1. The van der Waals surface area contributed by atoms with Crippen LogP contribution in [-0.4, -0.2) is 31.7 Å². The van der Waals surface area contributed by atoms with E-state index in [1.165, 1.54) is 4.88 Å². The van der Waals surface area contributed by atoms with E-state index in [1.54, 1.807) is 43.8 Å². The standard InChI is InChI=1S/C17H20N2O3S/c1-21-12-7-8-13(15(11-12)22-2)18-17(20)19-9-3-5-14(19)16-6-4-10-23-16/h4,6-8,10-11,14H,3,5,9H2,1-2H3,(H,18,20)/t14-/m1/s1. The Bertz CT molecular complexity index is 672. The number of carbonyl (C=O) groups excluding carboxylic acids is 1. The van der Waals surface area contributed by atoms with Crippen molar-refractivity contribution in [2.75, 3.05) is 26.1 Å². The first kappa shape index (κ1) is 15.7. The minimum Gasteiger partial charge on any atom is -0.497 e. The Morgan fingerprint density at radius 1 is 1.30 bits per heavy atom. The summed E-state index contributed by atoms with van der Waals surface area (Å²) >= 11 is 1.70. The number of rotatable bonds is 4. The molecule has 122 valence electrons. The number of nitrogens with zero attached hydrogens (tertiary/aromatic N) is 1. The Labute approximate surface area is 139 Å². The van der Waals surface area contributed by atoms with Crippen LogP contribution in [0.15, 0.2) is 35.7 Å². The lowest BCUT2D eigenvalue weighted by Gasteiger charge is -2.24. The molecule has 1 atom stereocenters. The minimum atomic E-state index is -0.0932. The molecule has 1 fully saturated rings. The van der Waals surface area contributed by atoms with Crippen molar-refractivity contribution in [3.05, 3.63) is 40.6 Å². The fourth-order valence-electron chi connectivity index (χ4n) is 2.88. The summed E-state index contributed by atoms with van der Waals surface area (Å²) in [6.45, 7) is 0.771. The largest absolute Gasteiger partial charge is 0.497 e. The third kappa shape index (κ3) is 3.27. The first-order valence-corrected chi connectivity index (χ1v) is 8.44. The van der Waals surface area contributed by atoms with Gasteiger partial charge in [0.05, 0.1) is 25.9 Å². The van der Waals surface area contributed by atoms with Crippen LogP contribution < -0.4 is 14.8 Å². The lowest BCUT2D eigenvalue weighted by molar-refractivity contribution is 0.207. The molecule has 2 amide bonds. The molecule has 2 heterocycles. The van der Waals surface area contributed by atoms with Crippen LogP contribution in [0.25, 0.3) is 0 Å². The van der Waals surface area contributed by atoms with Crippen LogP contribution in [0, 0.1) is 0 Å². The van der Waals surface area contributed by atoms with E-state index in [4.69, 9.17) is 9.47 Å². The molecule has 0 bridgehead atoms. The van der Waals surface area contributed by atoms with Gasteiger partial charge >= 0.3 is 6.03 Å². The van der Waals surface area contributed by atoms with E-state index in [2.05, 4.69) is 16.8 Å². The van der Waals surface area contributed by atoms with Gasteiger partial charge in [-0.25, -0.2) is 4.79 Å². The van der Waals surface area contributed by atoms with Crippen molar-refractivity contribution in [3.63, 3.8) is 0 Å². The Kier molecular flexibility index (Phi) is 4.71. The highest BCUT2D eigenvalue weighted by Crippen LogP contribution is 2.36. The van der Waals surface area contributed by atoms with Gasteiger partial charge in [0.1, 0.15) is 11.5 Å². The molecule has 0 radical (unpaired) electrons. The maximum atomic E-state index is 12.7. The summed E-state index contributed by atoms with van der Waals surface area (Å²) < 4.78 is 10.5. The molecule has 2 aromatic rings. The fourth-order valence-corrected chi connectivity index (χ4v) is 3.75. The molecule has 5 nitrogen and oxygen atoms in total. The molecule has 1 aliphatic heterocycles. The molecule has 0 saturated carbocycles. The summed E-state index contributed by atoms with van der Waals surface area (Å²) in [5.74, 6) is 1.28. The van der Waals surface area contributed by atoms with Crippen molar-refractivity contribution < 1.29 is 14.3 Å². The number of amides is 2. The van der Waals surface area contributed by atoms with E-state index >= 15 is 0 Å². The quantitative estimate of drug-likeness (QED) is 0.916. The number of benzene rings is 1. The summed E-state index contributed by atoms with van der Waals surface area (Å²) in [6.07, 6.45) is 2.03. The van der Waals surface area contributed by atoms with E-state index in [9.17, 15) is 4.79 Å². The van der Waals surface area contributed by atoms with E-state index in [0.29, 0.717) is 17.2 Å². The third-order valence-electron chi connectivity index (χ3n) is 4.04. The molecule has 1 saturated heterocycles. The van der Waals surface area contributed by atoms with Gasteiger partial charge < -0.3 is 19.7 Å². The number of hydrogen-bond donors (Lipinski definition) is 1. The minimum absolute atomic E-state index is 0.0932. The van der Waals surface area contributed by atoms with Gasteiger partial charge in [-0.2, -0.15) is 0 Å². The van der Waals surface area contributed by atoms with Gasteiger partial charge in [0.15, 0.2) is 0 Å². The number of carbonyl (C=O) groups is 1. The Balaban J connectivity index is 1.76. The Morgan fingerprint density at radius 3 is 2.87 bits per heavy atom. The summed E-state index contributed by atoms with van der Waals surface area (Å²) in [5, 5.41) is 5.01. The van der Waals surface area contributed by atoms with Crippen LogP contribution in [0.3, 0.4) is 0 Å². The van der Waals surface area contributed by atoms with Crippen molar-refractivity contribution in [2.24, 2.45) is 0 Å². The maximum absolute atomic E-state index is 12.7. The van der Waals surface area contributed by atoms with Gasteiger partial charge in [-0.3, -0.25) is 0 Å². The van der Waals surface area contributed by atoms with E-state index in [1.807, 2.05) is 11.0 Å². The van der Waals surface area contributed by atoms with Gasteiger partial charge in [0.25, 0.3) is 0 Å². The second kappa shape index (κ2) is 6.91. The molecule has 6 heteroatoms. The van der Waals surface area contributed by atoms with Gasteiger partial charge in [-0.05, 0) is 36.4 Å². The highest BCUT2D eigenvalue weighted by Gasteiger charge is 2.30. The van der Waals surface area contributed by atoms with Crippen LogP contribution in [0.1, 0.15) is 23.8 Å². The number of anilines is 1. The SMILES string of the molecule is COc1ccc(NC(=O)N2CCC[C@@H]2c2cccs2)c(OC)c1. The maximum Gasteiger partial charge on any atom is 0.322 e. The number of urea groups is 1. The normalized spacial score (nSPS) is 17.1. The number of ether oxygens (including phenoxy) is 2. The van der Waals surface area contributed by atoms with Crippen LogP contribution in [0.4, 0.5) is 10.5 Å². The molecule has 3 rings (SSSR count). The predicted octanol–water partition coefficient (Wildman–Crippen LogP) is 4.13. The lowest BCUT2D eigenvalue weighted by Crippen LogP contribution is -2.34. The highest BCUT2D eigenvalue weighted by atomic mass is 32.1. The van der Waals surface area contributed by atoms with Crippen molar-refractivity contribution in [1.29, 1.82) is 0 Å². The fraction of sp³-hybridized carbons (Fsp3) is 0.353. The second-order valence-corrected chi connectivity index (χ2v) is 6.34. The Morgan fingerprint density at radius 2 is 2.17 bits per heavy atom. The molecule has 1 aromatic heterocycles. The molecule has 0 unspecified atom stereocenters. The molecular formula is C17H20N2O3S. The number of hydrogen-bond acceptors (Lipinski definition) is 4. The lowest BCUT2D eigenvalue weighted by atomic mass is 10.2. The first-order chi connectivity index (χ1) is 11.2. The average Bonchev–Trinajstić information content (AvgIpc) is 3.25. The molecule has 1 N–H and O–H groups in total. The van der Waals surface area contributed by atoms with E-state index < -0.39 is 0 Å².